The van der Waals surface area contributed by atoms with E-state index in [-0.39, 0.29) is 81.5 Å². The van der Waals surface area contributed by atoms with Crippen molar-refractivity contribution in [3.8, 4) is 11.5 Å². The number of imidazole rings is 1. The number of amides is 12. The predicted octanol–water partition coefficient (Wildman–Crippen LogP) is 0.630. The molecule has 0 aliphatic carbocycles. The number of phenols is 2. The molecule has 36 heteroatoms. The van der Waals surface area contributed by atoms with Crippen molar-refractivity contribution in [2.75, 3.05) is 18.1 Å². The molecule has 4 heterocycles. The number of primary amides is 1. The molecule has 0 saturated heterocycles. The number of nitrogens with zero attached hydrogens (tertiary/aromatic N) is 2. The van der Waals surface area contributed by atoms with Gasteiger partial charge in [0.1, 0.15) is 83.6 Å². The van der Waals surface area contributed by atoms with Gasteiger partial charge in [-0.1, -0.05) is 96.0 Å². The number of benzene rings is 3. The summed E-state index contributed by atoms with van der Waals surface area (Å²) in [6.45, 7) is 9.04. The lowest BCUT2D eigenvalue weighted by atomic mass is 9.85. The molecular formula is C77H102N16O18S2. The fourth-order valence-electron chi connectivity index (χ4n) is 12.3. The van der Waals surface area contributed by atoms with Crippen LogP contribution in [0.25, 0.3) is 11.0 Å². The lowest BCUT2D eigenvalue weighted by Gasteiger charge is -2.32. The number of nitrogens with one attached hydrogen (secondary N) is 13. The lowest BCUT2D eigenvalue weighted by Crippen LogP contribution is -2.63. The van der Waals surface area contributed by atoms with Gasteiger partial charge in [0.05, 0.1) is 12.4 Å². The van der Waals surface area contributed by atoms with Crippen molar-refractivity contribution in [1.29, 1.82) is 0 Å². The van der Waals surface area contributed by atoms with E-state index in [1.807, 2.05) is 24.3 Å². The summed E-state index contributed by atoms with van der Waals surface area (Å²) in [7, 11) is 0. The zero-order valence-corrected chi connectivity index (χ0v) is 65.3. The van der Waals surface area contributed by atoms with Crippen LogP contribution in [0, 0.1) is 5.41 Å². The number of hydrogen-bond acceptors (Lipinski definition) is 21. The number of aromatic nitrogens is 4. The number of phenolic OH excluding ortho intramolecular Hbond substituents is 2. The number of H-pyrrole nitrogens is 2. The Balaban J connectivity index is 1.25. The smallest absolute Gasteiger partial charge is 0.303 e. The summed E-state index contributed by atoms with van der Waals surface area (Å²) in [5, 5.41) is 81.4. The number of aliphatic hydroxyl groups is 2. The second-order valence-electron chi connectivity index (χ2n) is 28.6. The Morgan fingerprint density at radius 3 is 1.54 bits per heavy atom. The van der Waals surface area contributed by atoms with Crippen LogP contribution >= 0.6 is 23.5 Å². The van der Waals surface area contributed by atoms with Gasteiger partial charge in [0.2, 0.25) is 70.9 Å². The number of carboxylic acid groups (broad SMARTS) is 1. The molecule has 1 aliphatic rings. The van der Waals surface area contributed by atoms with E-state index in [1.54, 1.807) is 46.8 Å². The zero-order chi connectivity index (χ0) is 82.5. The largest absolute Gasteiger partial charge is 0.508 e. The van der Waals surface area contributed by atoms with Crippen LogP contribution in [0.4, 0.5) is 0 Å². The molecule has 6 aromatic rings. The summed E-state index contributed by atoms with van der Waals surface area (Å²) < 4.78 is 0. The topological polar surface area (TPSA) is 539 Å². The number of nitrogens with two attached hydrogens (primary N) is 1. The van der Waals surface area contributed by atoms with Crippen molar-refractivity contribution < 1.29 is 87.9 Å². The monoisotopic (exact) mass is 1600 g/mol. The summed E-state index contributed by atoms with van der Waals surface area (Å²) in [6, 6.07) is 5.03. The Kier molecular flexibility index (Phi) is 34.4. The number of aromatic amines is 2. The van der Waals surface area contributed by atoms with Gasteiger partial charge >= 0.3 is 5.97 Å². The van der Waals surface area contributed by atoms with Crippen LogP contribution in [0.2, 0.25) is 0 Å². The highest BCUT2D eigenvalue weighted by atomic mass is 32.2. The highest BCUT2D eigenvalue weighted by Crippen LogP contribution is 2.24. The highest BCUT2D eigenvalue weighted by molar-refractivity contribution is 7.98. The van der Waals surface area contributed by atoms with Crippen molar-refractivity contribution in [2.24, 2.45) is 11.1 Å². The van der Waals surface area contributed by atoms with Crippen molar-refractivity contribution in [2.45, 2.75) is 203 Å². The summed E-state index contributed by atoms with van der Waals surface area (Å²) in [6.07, 6.45) is 1.32. The van der Waals surface area contributed by atoms with Crippen LogP contribution in [-0.4, -0.2) is 213 Å². The number of hydrogen-bond donors (Lipinski definition) is 19. The first kappa shape index (κ1) is 89.1. The zero-order valence-electron chi connectivity index (χ0n) is 63.7. The first-order valence-electron chi connectivity index (χ1n) is 37.1. The van der Waals surface area contributed by atoms with Gasteiger partial charge in [-0.3, -0.25) is 62.3 Å². The van der Waals surface area contributed by atoms with Crippen LogP contribution in [-0.2, 0) is 99.5 Å². The Labute approximate surface area is 661 Å². The fraction of sp³-hybridized carbons (Fsp3) is 0.468. The Morgan fingerprint density at radius 2 is 1.04 bits per heavy atom. The van der Waals surface area contributed by atoms with Crippen LogP contribution < -0.4 is 64.2 Å². The Hall–Kier alpha value is -11.1. The number of aliphatic carboxylic acids is 1. The molecular weight excluding hydrogens is 1500 g/mol. The minimum Gasteiger partial charge on any atom is -0.508 e. The van der Waals surface area contributed by atoms with Crippen LogP contribution in [0.15, 0.2) is 110 Å². The van der Waals surface area contributed by atoms with Gasteiger partial charge < -0.3 is 99.7 Å². The van der Waals surface area contributed by atoms with Gasteiger partial charge in [0.25, 0.3) is 0 Å². The second kappa shape index (κ2) is 43.6. The standard InChI is InChI=1S/C77H102N16O18S2/c1-7-11-52-67(102)85-54(24-25-62(99)100)69(104)87-56(32-43-16-20-49(96)21-17-43)71(106)83-53(12-8-2)68(103)86-55(26-29-94)70(105)91-60(65(78)101)40-113-39-46-14-9-13-45(31-46)38-112-30-27-61(98)92-64(77(4,5)6)76(111)90-57(33-44-18-22-50(97)23-19-44)72(107)88-59(35-48-37-79-41-82-48)74(109)93-63(42(3)95)75(110)89-58(73(108)84-52)34-47-36-81-66-51(47)15-10-28-80-66/h9-10,13-23,28,31,36-37,41-42,52-60,63-64,94-97H,7-8,11-12,24-27,29-30,32-35,38-40H2,1-6H3,(H2,78,101)(H,79,82)(H,80,81)(H,83,106)(H,84,108)(H,85,102)(H,86,103)(H,87,104)(H,88,107)(H,89,110)(H,90,111)(H,91,105)(H,92,98)(H,93,109)(H,99,100)/t42-,52+,53+,54+,55+,56+,57+,58+,59+,60+,63+,64-/m1/s1. The molecule has 2 bridgehead atoms. The molecule has 7 rings (SSSR count). The molecule has 0 fully saturated rings. The molecule has 12 atom stereocenters. The molecule has 12 amide bonds. The van der Waals surface area contributed by atoms with E-state index in [1.165, 1.54) is 104 Å². The van der Waals surface area contributed by atoms with E-state index in [4.69, 9.17) is 5.73 Å². The Bertz CT molecular complexity index is 4260. The van der Waals surface area contributed by atoms with E-state index < -0.39 is 174 Å². The molecule has 3 aromatic carbocycles. The number of aliphatic hydroxyl groups excluding tert-OH is 2. The molecule has 0 unspecified atom stereocenters. The molecule has 20 N–H and O–H groups in total. The number of carbonyl (C=O) groups is 13. The lowest BCUT2D eigenvalue weighted by molar-refractivity contribution is -0.139. The minimum absolute atomic E-state index is 0.0290. The van der Waals surface area contributed by atoms with Crippen LogP contribution in [0.3, 0.4) is 0 Å². The second-order valence-corrected chi connectivity index (χ2v) is 30.8. The minimum atomic E-state index is -1.90. The molecule has 0 spiro atoms. The first-order valence-corrected chi connectivity index (χ1v) is 39.4. The van der Waals surface area contributed by atoms with Gasteiger partial charge in [-0.15, -0.1) is 0 Å². The summed E-state index contributed by atoms with van der Waals surface area (Å²) in [4.78, 5) is 200. The third-order valence-electron chi connectivity index (χ3n) is 18.4. The van der Waals surface area contributed by atoms with E-state index in [0.29, 0.717) is 50.7 Å². The molecule has 610 valence electrons. The quantitative estimate of drug-likeness (QED) is 0.0529. The molecule has 113 heavy (non-hydrogen) atoms. The molecule has 1 aliphatic heterocycles. The van der Waals surface area contributed by atoms with Gasteiger partial charge in [-0.05, 0) is 102 Å². The van der Waals surface area contributed by atoms with E-state index in [2.05, 4.69) is 78.4 Å². The number of aromatic hydroxyl groups is 2. The molecule has 0 radical (unpaired) electrons. The van der Waals surface area contributed by atoms with Gasteiger partial charge in [0, 0.05) is 97.8 Å². The Morgan fingerprint density at radius 1 is 0.558 bits per heavy atom. The summed E-state index contributed by atoms with van der Waals surface area (Å²) in [5.41, 5.74) is 8.47. The maximum Gasteiger partial charge on any atom is 0.303 e. The molecule has 34 nitrogen and oxygen atoms in total. The van der Waals surface area contributed by atoms with E-state index >= 15 is 4.79 Å². The van der Waals surface area contributed by atoms with Gasteiger partial charge in [-0.25, -0.2) is 9.97 Å². The van der Waals surface area contributed by atoms with Crippen molar-refractivity contribution >= 4 is 111 Å². The third kappa shape index (κ3) is 28.2. The number of pyridine rings is 1. The maximum absolute atomic E-state index is 15.0. The fourth-order valence-corrected chi connectivity index (χ4v) is 14.2. The summed E-state index contributed by atoms with van der Waals surface area (Å²) >= 11 is 2.69. The first-order chi connectivity index (χ1) is 53.8. The SMILES string of the molecule is CCC[C@@H]1NC(=O)[C@H](Cc2ccc(O)cc2)NC(=O)[C@H](CCC(=O)O)NC(=O)[C@H](CCC)NC(=O)[C@H](Cc2c[nH]c3ncccc23)NC(=O)[C@H]([C@@H](C)O)NC(=O)[C@H](Cc2cnc[nH]2)NC(=O)[C@H](Cc2ccc(O)cc2)NC(=O)[C@H](C(C)(C)C)NC(=O)CCSCc2cccc(c2)CSC[C@@H](C(N)=O)NC(=O)[C@H](CCO)NC1=O. The number of rotatable bonds is 19. The van der Waals surface area contributed by atoms with Crippen molar-refractivity contribution in [3.05, 3.63) is 143 Å². The third-order valence-corrected chi connectivity index (χ3v) is 20.6. The molecule has 0 saturated carbocycles. The molecule has 3 aromatic heterocycles. The average Bonchev–Trinajstić information content (AvgIpc) is 1.60. The van der Waals surface area contributed by atoms with Gasteiger partial charge in [0.15, 0.2) is 0 Å². The van der Waals surface area contributed by atoms with E-state index in [9.17, 15) is 83.1 Å². The van der Waals surface area contributed by atoms with E-state index in [0.717, 1.165) is 11.1 Å². The highest BCUT2D eigenvalue weighted by Gasteiger charge is 2.40. The van der Waals surface area contributed by atoms with Crippen LogP contribution in [0.5, 0.6) is 11.5 Å². The average molecular weight is 1600 g/mol. The number of fused-ring (bicyclic) bond motifs is 3. The summed E-state index contributed by atoms with van der Waals surface area (Å²) in [5.74, 6) is -11.8. The number of carbonyl (C=O) groups excluding carboxylic acids is 12. The maximum atomic E-state index is 15.0. The normalized spacial score (nSPS) is 23.2. The van der Waals surface area contributed by atoms with Gasteiger partial charge in [-0.2, -0.15) is 23.5 Å². The van der Waals surface area contributed by atoms with Crippen molar-refractivity contribution in [3.63, 3.8) is 0 Å². The predicted molar refractivity (Wildman–Crippen MR) is 419 cm³/mol. The van der Waals surface area contributed by atoms with Crippen molar-refractivity contribution in [1.82, 2.24) is 78.4 Å². The number of carboxylic acids is 1. The number of thioether (sulfide) groups is 2. The van der Waals surface area contributed by atoms with Crippen LogP contribution in [0.1, 0.15) is 126 Å².